The molecule has 32 heavy (non-hydrogen) atoms. The van der Waals surface area contributed by atoms with Crippen molar-refractivity contribution in [3.63, 3.8) is 0 Å². The summed E-state index contributed by atoms with van der Waals surface area (Å²) < 4.78 is 6.75. The minimum absolute atomic E-state index is 0.0374. The topological polar surface area (TPSA) is 29.5 Å². The van der Waals surface area contributed by atoms with Crippen molar-refractivity contribution < 1.29 is 9.53 Å². The number of hydrogen-bond donors (Lipinski definition) is 1. The lowest BCUT2D eigenvalue weighted by molar-refractivity contribution is 0.321. The summed E-state index contributed by atoms with van der Waals surface area (Å²) in [5.41, 5.74) is 7.52. The van der Waals surface area contributed by atoms with Crippen LogP contribution in [0.5, 0.6) is 0 Å². The van der Waals surface area contributed by atoms with Gasteiger partial charge in [-0.2, -0.15) is 0 Å². The van der Waals surface area contributed by atoms with Crippen molar-refractivity contribution in [2.75, 3.05) is 6.61 Å². The number of aryl methyl sites for hydroxylation is 1. The number of aliphatic hydroxyl groups is 1. The minimum Gasteiger partial charge on any atom is -0.407 e. The molecule has 0 saturated heterocycles. The summed E-state index contributed by atoms with van der Waals surface area (Å²) in [6.45, 7) is 13.9. The van der Waals surface area contributed by atoms with Gasteiger partial charge >= 0.3 is 0 Å². The van der Waals surface area contributed by atoms with Crippen LogP contribution in [0.4, 0.5) is 0 Å². The van der Waals surface area contributed by atoms with Crippen molar-refractivity contribution in [1.82, 2.24) is 0 Å². The van der Waals surface area contributed by atoms with Crippen LogP contribution in [-0.2, 0) is 16.4 Å². The molecule has 0 aliphatic rings. The first-order valence-electron chi connectivity index (χ1n) is 11.4. The number of allylic oxidation sites excluding steroid dienone is 1. The summed E-state index contributed by atoms with van der Waals surface area (Å²) in [7, 11) is -1.83. The van der Waals surface area contributed by atoms with Crippen LogP contribution in [0.25, 0.3) is 5.57 Å². The van der Waals surface area contributed by atoms with Gasteiger partial charge in [0.05, 0.1) is 13.2 Å². The molecular weight excluding hydrogens is 408 g/mol. The van der Waals surface area contributed by atoms with Gasteiger partial charge in [-0.3, -0.25) is 0 Å². The van der Waals surface area contributed by atoms with Crippen LogP contribution in [0.3, 0.4) is 0 Å². The Morgan fingerprint density at radius 3 is 1.94 bits per heavy atom. The Balaban J connectivity index is 2.06. The van der Waals surface area contributed by atoms with Gasteiger partial charge in [-0.05, 0) is 70.0 Å². The molecule has 0 bridgehead atoms. The molecule has 0 radical (unpaired) electrons. The van der Waals surface area contributed by atoms with E-state index >= 15 is 0 Å². The SMILES string of the molecule is CC(=CCO)c1c(CO[SiH](c2ccccc2)c2ccccc2)cc(C)c(C(C)(C)C)c1C. The Morgan fingerprint density at radius 1 is 0.938 bits per heavy atom. The van der Waals surface area contributed by atoms with Crippen LogP contribution in [0.1, 0.15) is 55.5 Å². The zero-order valence-electron chi connectivity index (χ0n) is 20.3. The quantitative estimate of drug-likeness (QED) is 0.517. The molecule has 0 fully saturated rings. The highest BCUT2D eigenvalue weighted by Crippen LogP contribution is 2.36. The molecule has 3 rings (SSSR count). The zero-order chi connectivity index (χ0) is 23.3. The molecule has 168 valence electrons. The molecule has 0 aromatic heterocycles. The second-order valence-electron chi connectivity index (χ2n) is 9.56. The van der Waals surface area contributed by atoms with Crippen LogP contribution >= 0.6 is 0 Å². The number of aliphatic hydroxyl groups excluding tert-OH is 1. The van der Waals surface area contributed by atoms with E-state index in [1.807, 2.05) is 6.08 Å². The van der Waals surface area contributed by atoms with E-state index in [2.05, 4.69) is 108 Å². The molecule has 0 aliphatic heterocycles. The molecule has 3 aromatic rings. The lowest BCUT2D eigenvalue weighted by atomic mass is 9.77. The predicted molar refractivity (Wildman–Crippen MR) is 139 cm³/mol. The zero-order valence-corrected chi connectivity index (χ0v) is 21.4. The minimum atomic E-state index is -1.83. The van der Waals surface area contributed by atoms with Crippen LogP contribution < -0.4 is 10.4 Å². The molecule has 0 unspecified atom stereocenters. The molecular formula is C29H36O2Si. The summed E-state index contributed by atoms with van der Waals surface area (Å²) >= 11 is 0. The molecule has 0 atom stereocenters. The third kappa shape index (κ3) is 5.47. The molecule has 2 nitrogen and oxygen atoms in total. The maximum atomic E-state index is 9.58. The van der Waals surface area contributed by atoms with Gasteiger partial charge in [0.25, 0.3) is 0 Å². The van der Waals surface area contributed by atoms with Crippen molar-refractivity contribution in [2.45, 2.75) is 53.6 Å². The average Bonchev–Trinajstić information content (AvgIpc) is 2.74. The highest BCUT2D eigenvalue weighted by molar-refractivity contribution is 6.80. The van der Waals surface area contributed by atoms with E-state index in [-0.39, 0.29) is 12.0 Å². The number of benzene rings is 3. The maximum Gasteiger partial charge on any atom is 0.240 e. The fourth-order valence-electron chi connectivity index (χ4n) is 4.94. The summed E-state index contributed by atoms with van der Waals surface area (Å²) in [5.74, 6) is 0. The summed E-state index contributed by atoms with van der Waals surface area (Å²) in [6, 6.07) is 23.5. The van der Waals surface area contributed by atoms with Gasteiger partial charge in [-0.25, -0.2) is 0 Å². The molecule has 0 saturated carbocycles. The first-order valence-corrected chi connectivity index (χ1v) is 13.0. The Bertz CT molecular complexity index is 1020. The van der Waals surface area contributed by atoms with Crippen LogP contribution in [-0.4, -0.2) is 20.8 Å². The lowest BCUT2D eigenvalue weighted by Gasteiger charge is -2.29. The molecule has 0 spiro atoms. The van der Waals surface area contributed by atoms with Crippen molar-refractivity contribution in [2.24, 2.45) is 0 Å². The van der Waals surface area contributed by atoms with Crippen molar-refractivity contribution >= 4 is 25.0 Å². The Kier molecular flexibility index (Phi) is 7.89. The predicted octanol–water partition coefficient (Wildman–Crippen LogP) is 5.05. The standard InChI is InChI=1S/C29H36O2Si/c1-21(17-18-30)27-23(3)28(29(4,5)6)22(2)19-24(27)20-31-32(25-13-9-7-10-14-25)26-15-11-8-12-16-26/h7-17,19,30,32H,18,20H2,1-6H3. The van der Waals surface area contributed by atoms with Crippen molar-refractivity contribution in [3.8, 4) is 0 Å². The van der Waals surface area contributed by atoms with Gasteiger partial charge in [-0.15, -0.1) is 0 Å². The Labute approximate surface area is 195 Å². The first kappa shape index (κ1) is 24.2. The molecule has 0 amide bonds. The Hall–Kier alpha value is -2.46. The normalized spacial score (nSPS) is 12.4. The summed E-state index contributed by atoms with van der Waals surface area (Å²) in [5, 5.41) is 12.1. The van der Waals surface area contributed by atoms with Crippen LogP contribution in [0.2, 0.25) is 0 Å². The molecule has 3 aromatic carbocycles. The van der Waals surface area contributed by atoms with Gasteiger partial charge in [-0.1, -0.05) is 93.6 Å². The molecule has 0 heterocycles. The van der Waals surface area contributed by atoms with E-state index in [1.54, 1.807) is 0 Å². The fraction of sp³-hybridized carbons (Fsp3) is 0.310. The van der Waals surface area contributed by atoms with Gasteiger partial charge in [0.15, 0.2) is 0 Å². The highest BCUT2D eigenvalue weighted by atomic mass is 28.3. The van der Waals surface area contributed by atoms with E-state index in [9.17, 15) is 5.11 Å². The largest absolute Gasteiger partial charge is 0.407 e. The number of hydrogen-bond acceptors (Lipinski definition) is 2. The Morgan fingerprint density at radius 2 is 1.47 bits per heavy atom. The molecule has 1 N–H and O–H groups in total. The fourth-order valence-corrected chi connectivity index (χ4v) is 7.20. The second-order valence-corrected chi connectivity index (χ2v) is 12.0. The molecule has 3 heteroatoms. The van der Waals surface area contributed by atoms with Gasteiger partial charge in [0, 0.05) is 0 Å². The van der Waals surface area contributed by atoms with Gasteiger partial charge in [0.2, 0.25) is 9.04 Å². The molecule has 0 aliphatic carbocycles. The van der Waals surface area contributed by atoms with Crippen molar-refractivity contribution in [1.29, 1.82) is 0 Å². The van der Waals surface area contributed by atoms with Gasteiger partial charge < -0.3 is 9.53 Å². The average molecular weight is 445 g/mol. The van der Waals surface area contributed by atoms with E-state index in [0.717, 1.165) is 5.57 Å². The third-order valence-electron chi connectivity index (χ3n) is 6.01. The third-order valence-corrected chi connectivity index (χ3v) is 8.49. The smallest absolute Gasteiger partial charge is 0.240 e. The maximum absolute atomic E-state index is 9.58. The monoisotopic (exact) mass is 444 g/mol. The summed E-state index contributed by atoms with van der Waals surface area (Å²) in [6.07, 6.45) is 1.90. The van der Waals surface area contributed by atoms with Crippen LogP contribution in [0.15, 0.2) is 72.8 Å². The van der Waals surface area contributed by atoms with Crippen molar-refractivity contribution in [3.05, 3.63) is 101 Å². The van der Waals surface area contributed by atoms with E-state index in [1.165, 1.54) is 38.2 Å². The van der Waals surface area contributed by atoms with Gasteiger partial charge in [0.1, 0.15) is 0 Å². The van der Waals surface area contributed by atoms with E-state index in [0.29, 0.717) is 6.61 Å². The lowest BCUT2D eigenvalue weighted by Crippen LogP contribution is -2.44. The second kappa shape index (κ2) is 10.4. The van der Waals surface area contributed by atoms with E-state index in [4.69, 9.17) is 4.43 Å². The van der Waals surface area contributed by atoms with E-state index < -0.39 is 9.04 Å². The number of rotatable bonds is 7. The van der Waals surface area contributed by atoms with Crippen LogP contribution in [0, 0.1) is 13.8 Å². The highest BCUT2D eigenvalue weighted by Gasteiger charge is 2.24. The first-order chi connectivity index (χ1) is 15.2. The summed E-state index contributed by atoms with van der Waals surface area (Å²) in [4.78, 5) is 0.